The Bertz CT molecular complexity index is 220. The Labute approximate surface area is 79.6 Å². The fourth-order valence-corrected chi connectivity index (χ4v) is 2.16. The molecule has 2 aliphatic rings. The zero-order valence-corrected chi connectivity index (χ0v) is 8.25. The highest BCUT2D eigenvalue weighted by molar-refractivity contribution is 5.17. The van der Waals surface area contributed by atoms with Crippen LogP contribution in [0, 0.1) is 0 Å². The molecule has 0 amide bonds. The molecule has 0 aromatic heterocycles. The number of rotatable bonds is 3. The second-order valence-electron chi connectivity index (χ2n) is 4.19. The number of aliphatic hydroxyl groups is 1. The summed E-state index contributed by atoms with van der Waals surface area (Å²) in [5, 5.41) is 8.83. The largest absolute Gasteiger partial charge is 0.394 e. The summed E-state index contributed by atoms with van der Waals surface area (Å²) >= 11 is 0. The third-order valence-electron chi connectivity index (χ3n) is 3.20. The quantitative estimate of drug-likeness (QED) is 0.535. The van der Waals surface area contributed by atoms with Crippen LogP contribution in [0.2, 0.25) is 0 Å². The molecule has 1 fully saturated rings. The van der Waals surface area contributed by atoms with Gasteiger partial charge in [-0.2, -0.15) is 0 Å². The molecular formula is C11H18O2. The molecular weight excluding hydrogens is 164 g/mol. The highest BCUT2D eigenvalue weighted by Crippen LogP contribution is 2.34. The summed E-state index contributed by atoms with van der Waals surface area (Å²) < 4.78 is 5.33. The van der Waals surface area contributed by atoms with Gasteiger partial charge >= 0.3 is 0 Å². The second kappa shape index (κ2) is 3.81. The van der Waals surface area contributed by atoms with Gasteiger partial charge in [-0.25, -0.2) is 0 Å². The minimum atomic E-state index is 0.141. The molecule has 1 N–H and O–H groups in total. The average Bonchev–Trinajstić information content (AvgIpc) is 2.88. The molecule has 2 heteroatoms. The Kier molecular flexibility index (Phi) is 2.70. The van der Waals surface area contributed by atoms with E-state index in [0.717, 1.165) is 6.42 Å². The molecule has 1 aliphatic carbocycles. The zero-order valence-electron chi connectivity index (χ0n) is 8.25. The van der Waals surface area contributed by atoms with Crippen LogP contribution in [0.4, 0.5) is 0 Å². The predicted octanol–water partition coefficient (Wildman–Crippen LogP) is 2.03. The summed E-state index contributed by atoms with van der Waals surface area (Å²) in [6, 6.07) is 0. The van der Waals surface area contributed by atoms with Crippen LogP contribution in [-0.4, -0.2) is 23.9 Å². The van der Waals surface area contributed by atoms with E-state index in [1.54, 1.807) is 11.1 Å². The third kappa shape index (κ3) is 2.12. The summed E-state index contributed by atoms with van der Waals surface area (Å²) in [5.74, 6) is 0. The number of epoxide rings is 1. The molecule has 2 atom stereocenters. The maximum absolute atomic E-state index is 8.83. The monoisotopic (exact) mass is 182 g/mol. The smallest absolute Gasteiger partial charge is 0.107 e. The molecule has 0 aromatic rings. The first kappa shape index (κ1) is 9.22. The topological polar surface area (TPSA) is 32.8 Å². The van der Waals surface area contributed by atoms with Gasteiger partial charge < -0.3 is 9.84 Å². The molecule has 0 unspecified atom stereocenters. The van der Waals surface area contributed by atoms with Gasteiger partial charge in [0.1, 0.15) is 6.10 Å². The van der Waals surface area contributed by atoms with Gasteiger partial charge in [-0.3, -0.25) is 0 Å². The summed E-state index contributed by atoms with van der Waals surface area (Å²) in [7, 11) is 0. The predicted molar refractivity (Wildman–Crippen MR) is 51.5 cm³/mol. The number of hydrogen-bond donors (Lipinski definition) is 1. The van der Waals surface area contributed by atoms with Crippen molar-refractivity contribution in [2.45, 2.75) is 51.2 Å². The fraction of sp³-hybridized carbons (Fsp3) is 0.818. The Morgan fingerprint density at radius 2 is 2.08 bits per heavy atom. The number of allylic oxidation sites excluding steroid dienone is 1. The van der Waals surface area contributed by atoms with Gasteiger partial charge in [0.05, 0.1) is 12.7 Å². The maximum Gasteiger partial charge on any atom is 0.107 e. The Balaban J connectivity index is 1.87. The van der Waals surface area contributed by atoms with Gasteiger partial charge in [0, 0.05) is 0 Å². The number of hydrogen-bond acceptors (Lipinski definition) is 2. The minimum absolute atomic E-state index is 0.141. The lowest BCUT2D eigenvalue weighted by Gasteiger charge is -2.16. The summed E-state index contributed by atoms with van der Waals surface area (Å²) in [4.78, 5) is 0. The second-order valence-corrected chi connectivity index (χ2v) is 4.19. The standard InChI is InChI=1S/C11H18O2/c1-8-4-2-3-5-9(8)6-10-11(7-12)13-10/h10-12H,2-7H2,1H3/t10-,11-/m0/s1. The van der Waals surface area contributed by atoms with Gasteiger partial charge in [0.15, 0.2) is 0 Å². The highest BCUT2D eigenvalue weighted by atomic mass is 16.6. The van der Waals surface area contributed by atoms with E-state index in [1.165, 1.54) is 25.7 Å². The van der Waals surface area contributed by atoms with E-state index < -0.39 is 0 Å². The van der Waals surface area contributed by atoms with Crippen LogP contribution in [0.3, 0.4) is 0 Å². The van der Waals surface area contributed by atoms with Crippen LogP contribution in [-0.2, 0) is 4.74 Å². The first-order valence-corrected chi connectivity index (χ1v) is 5.25. The van der Waals surface area contributed by atoms with Gasteiger partial charge in [0.25, 0.3) is 0 Å². The van der Waals surface area contributed by atoms with Crippen LogP contribution in [0.5, 0.6) is 0 Å². The van der Waals surface area contributed by atoms with E-state index in [0.29, 0.717) is 6.10 Å². The molecule has 1 aliphatic heterocycles. The molecule has 0 aromatic carbocycles. The van der Waals surface area contributed by atoms with Crippen molar-refractivity contribution in [1.82, 2.24) is 0 Å². The normalized spacial score (nSPS) is 33.7. The van der Waals surface area contributed by atoms with E-state index in [1.807, 2.05) is 0 Å². The molecule has 2 rings (SSSR count). The Morgan fingerprint density at radius 1 is 1.31 bits per heavy atom. The van der Waals surface area contributed by atoms with E-state index in [-0.39, 0.29) is 12.7 Å². The van der Waals surface area contributed by atoms with E-state index in [4.69, 9.17) is 9.84 Å². The van der Waals surface area contributed by atoms with Crippen LogP contribution in [0.25, 0.3) is 0 Å². The average molecular weight is 182 g/mol. The molecule has 1 saturated heterocycles. The van der Waals surface area contributed by atoms with Crippen LogP contribution < -0.4 is 0 Å². The van der Waals surface area contributed by atoms with Crippen LogP contribution in [0.1, 0.15) is 39.0 Å². The van der Waals surface area contributed by atoms with Gasteiger partial charge in [-0.1, -0.05) is 11.1 Å². The molecule has 0 saturated carbocycles. The fourth-order valence-electron chi connectivity index (χ4n) is 2.16. The molecule has 74 valence electrons. The molecule has 0 spiro atoms. The van der Waals surface area contributed by atoms with Crippen molar-refractivity contribution in [2.24, 2.45) is 0 Å². The maximum atomic E-state index is 8.83. The summed E-state index contributed by atoms with van der Waals surface area (Å²) in [6.45, 7) is 2.43. The van der Waals surface area contributed by atoms with E-state index in [2.05, 4.69) is 6.92 Å². The van der Waals surface area contributed by atoms with Crippen molar-refractivity contribution in [3.8, 4) is 0 Å². The third-order valence-corrected chi connectivity index (χ3v) is 3.20. The SMILES string of the molecule is CC1=C(C[C@@H]2O[C@H]2CO)CCCC1. The van der Waals surface area contributed by atoms with Crippen molar-refractivity contribution in [1.29, 1.82) is 0 Å². The Hall–Kier alpha value is -0.340. The van der Waals surface area contributed by atoms with E-state index in [9.17, 15) is 0 Å². The minimum Gasteiger partial charge on any atom is -0.394 e. The number of ether oxygens (including phenoxy) is 1. The Morgan fingerprint density at radius 3 is 2.69 bits per heavy atom. The van der Waals surface area contributed by atoms with Crippen molar-refractivity contribution < 1.29 is 9.84 Å². The molecule has 1 heterocycles. The first-order chi connectivity index (χ1) is 6.31. The first-order valence-electron chi connectivity index (χ1n) is 5.25. The van der Waals surface area contributed by atoms with Crippen LogP contribution >= 0.6 is 0 Å². The lowest BCUT2D eigenvalue weighted by atomic mass is 9.90. The zero-order chi connectivity index (χ0) is 9.26. The summed E-state index contributed by atoms with van der Waals surface area (Å²) in [5.41, 5.74) is 3.16. The highest BCUT2D eigenvalue weighted by Gasteiger charge is 2.38. The molecule has 0 bridgehead atoms. The van der Waals surface area contributed by atoms with Crippen molar-refractivity contribution >= 4 is 0 Å². The van der Waals surface area contributed by atoms with Crippen LogP contribution in [0.15, 0.2) is 11.1 Å². The molecule has 2 nitrogen and oxygen atoms in total. The van der Waals surface area contributed by atoms with Crippen molar-refractivity contribution in [3.05, 3.63) is 11.1 Å². The lowest BCUT2D eigenvalue weighted by molar-refractivity contribution is 0.242. The van der Waals surface area contributed by atoms with Crippen molar-refractivity contribution in [3.63, 3.8) is 0 Å². The number of aliphatic hydroxyl groups excluding tert-OH is 1. The lowest BCUT2D eigenvalue weighted by Crippen LogP contribution is -2.04. The van der Waals surface area contributed by atoms with Gasteiger partial charge in [-0.05, 0) is 39.0 Å². The van der Waals surface area contributed by atoms with Gasteiger partial charge in [0.2, 0.25) is 0 Å². The van der Waals surface area contributed by atoms with Gasteiger partial charge in [-0.15, -0.1) is 0 Å². The molecule has 0 radical (unpaired) electrons. The molecule has 13 heavy (non-hydrogen) atoms. The summed E-state index contributed by atoms with van der Waals surface area (Å²) in [6.07, 6.45) is 6.75. The van der Waals surface area contributed by atoms with E-state index >= 15 is 0 Å². The van der Waals surface area contributed by atoms with Crippen molar-refractivity contribution in [2.75, 3.05) is 6.61 Å².